The topological polar surface area (TPSA) is 53.7 Å². The van der Waals surface area contributed by atoms with Gasteiger partial charge < -0.3 is 14.7 Å². The van der Waals surface area contributed by atoms with Crippen LogP contribution in [0, 0.1) is 25.7 Å². The van der Waals surface area contributed by atoms with Gasteiger partial charge >= 0.3 is 0 Å². The third-order valence-corrected chi connectivity index (χ3v) is 4.53. The first-order valence-corrected chi connectivity index (χ1v) is 8.96. The third-order valence-electron chi connectivity index (χ3n) is 4.53. The standard InChI is InChI=1S/C18H32N4O.HI/c1-6-19-18(22-10-8-16(12-22)11-13(2)3)20-9-7-17-14(4)21-23-15(17)5;/h13,16H,6-12H2,1-5H3,(H,19,20);1H. The average molecular weight is 448 g/mol. The summed E-state index contributed by atoms with van der Waals surface area (Å²) in [6.07, 6.45) is 3.49. The number of nitrogens with zero attached hydrogens (tertiary/aromatic N) is 3. The van der Waals surface area contributed by atoms with Crippen LogP contribution < -0.4 is 5.32 Å². The Bertz CT molecular complexity index is 508. The predicted octanol–water partition coefficient (Wildman–Crippen LogP) is 3.79. The van der Waals surface area contributed by atoms with E-state index in [0.29, 0.717) is 0 Å². The summed E-state index contributed by atoms with van der Waals surface area (Å²) in [5.41, 5.74) is 2.18. The fourth-order valence-electron chi connectivity index (χ4n) is 3.44. The minimum Gasteiger partial charge on any atom is -0.361 e. The molecule has 1 unspecified atom stereocenters. The molecule has 1 aliphatic heterocycles. The van der Waals surface area contributed by atoms with Crippen LogP contribution in [0.2, 0.25) is 0 Å². The first-order chi connectivity index (χ1) is 11.0. The molecule has 2 rings (SSSR count). The Hall–Kier alpha value is -0.790. The zero-order valence-electron chi connectivity index (χ0n) is 15.8. The van der Waals surface area contributed by atoms with Crippen LogP contribution in [0.4, 0.5) is 0 Å². The maximum Gasteiger partial charge on any atom is 0.193 e. The van der Waals surface area contributed by atoms with Crippen molar-refractivity contribution in [2.24, 2.45) is 16.8 Å². The molecule has 138 valence electrons. The molecule has 1 aliphatic rings. The number of aryl methyl sites for hydroxylation is 2. The number of likely N-dealkylation sites (tertiary alicyclic amines) is 1. The second-order valence-electron chi connectivity index (χ2n) is 7.02. The lowest BCUT2D eigenvalue weighted by Gasteiger charge is -2.22. The molecular weight excluding hydrogens is 415 g/mol. The lowest BCUT2D eigenvalue weighted by atomic mass is 9.97. The Labute approximate surface area is 163 Å². The number of rotatable bonds is 6. The number of hydrogen-bond acceptors (Lipinski definition) is 3. The summed E-state index contributed by atoms with van der Waals surface area (Å²) in [4.78, 5) is 7.25. The molecule has 1 fully saturated rings. The first-order valence-electron chi connectivity index (χ1n) is 8.96. The van der Waals surface area contributed by atoms with Crippen molar-refractivity contribution in [3.63, 3.8) is 0 Å². The molecule has 0 aliphatic carbocycles. The summed E-state index contributed by atoms with van der Waals surface area (Å²) < 4.78 is 5.23. The first kappa shape index (κ1) is 21.3. The van der Waals surface area contributed by atoms with E-state index in [-0.39, 0.29) is 24.0 Å². The number of nitrogens with one attached hydrogen (secondary N) is 1. The Morgan fingerprint density at radius 1 is 1.42 bits per heavy atom. The van der Waals surface area contributed by atoms with Gasteiger partial charge in [0.15, 0.2) is 5.96 Å². The molecule has 1 N–H and O–H groups in total. The number of hydrogen-bond donors (Lipinski definition) is 1. The lowest BCUT2D eigenvalue weighted by molar-refractivity contribution is 0.392. The molecule has 5 nitrogen and oxygen atoms in total. The quantitative estimate of drug-likeness (QED) is 0.409. The van der Waals surface area contributed by atoms with Gasteiger partial charge in [-0.2, -0.15) is 0 Å². The van der Waals surface area contributed by atoms with Crippen LogP contribution in [0.1, 0.15) is 50.6 Å². The van der Waals surface area contributed by atoms with Crippen molar-refractivity contribution in [1.82, 2.24) is 15.4 Å². The fraction of sp³-hybridized carbons (Fsp3) is 0.778. The highest BCUT2D eigenvalue weighted by Crippen LogP contribution is 2.23. The maximum atomic E-state index is 5.23. The molecule has 2 heterocycles. The van der Waals surface area contributed by atoms with Gasteiger partial charge in [-0.15, -0.1) is 24.0 Å². The van der Waals surface area contributed by atoms with Crippen molar-refractivity contribution in [2.45, 2.75) is 53.9 Å². The summed E-state index contributed by atoms with van der Waals surface area (Å²) in [6, 6.07) is 0. The summed E-state index contributed by atoms with van der Waals surface area (Å²) in [5.74, 6) is 3.56. The van der Waals surface area contributed by atoms with E-state index in [9.17, 15) is 0 Å². The summed E-state index contributed by atoms with van der Waals surface area (Å²) in [6.45, 7) is 14.7. The van der Waals surface area contributed by atoms with Crippen LogP contribution in [-0.4, -0.2) is 42.2 Å². The van der Waals surface area contributed by atoms with E-state index in [1.165, 1.54) is 18.4 Å². The highest BCUT2D eigenvalue weighted by atomic mass is 127. The Morgan fingerprint density at radius 3 is 2.75 bits per heavy atom. The number of aliphatic imine (C=N–C) groups is 1. The average Bonchev–Trinajstić information content (AvgIpc) is 3.06. The van der Waals surface area contributed by atoms with Crippen LogP contribution in [0.3, 0.4) is 0 Å². The van der Waals surface area contributed by atoms with Gasteiger partial charge in [0.05, 0.1) is 5.69 Å². The van der Waals surface area contributed by atoms with Crippen molar-refractivity contribution in [2.75, 3.05) is 26.2 Å². The highest BCUT2D eigenvalue weighted by Gasteiger charge is 2.25. The monoisotopic (exact) mass is 448 g/mol. The normalized spacial score (nSPS) is 18.2. The van der Waals surface area contributed by atoms with Gasteiger partial charge in [-0.1, -0.05) is 19.0 Å². The van der Waals surface area contributed by atoms with Crippen LogP contribution in [0.5, 0.6) is 0 Å². The van der Waals surface area contributed by atoms with E-state index in [1.54, 1.807) is 0 Å². The third kappa shape index (κ3) is 5.93. The van der Waals surface area contributed by atoms with Crippen molar-refractivity contribution in [3.8, 4) is 0 Å². The zero-order chi connectivity index (χ0) is 16.8. The predicted molar refractivity (Wildman–Crippen MR) is 110 cm³/mol. The summed E-state index contributed by atoms with van der Waals surface area (Å²) >= 11 is 0. The largest absolute Gasteiger partial charge is 0.361 e. The van der Waals surface area contributed by atoms with Gasteiger partial charge in [0.1, 0.15) is 5.76 Å². The number of aromatic nitrogens is 1. The van der Waals surface area contributed by atoms with E-state index in [2.05, 4.69) is 36.1 Å². The van der Waals surface area contributed by atoms with Crippen molar-refractivity contribution < 1.29 is 4.52 Å². The van der Waals surface area contributed by atoms with Crippen LogP contribution >= 0.6 is 24.0 Å². The SMILES string of the molecule is CCNC(=NCCc1c(C)noc1C)N1CCC(CC(C)C)C1.I. The smallest absolute Gasteiger partial charge is 0.193 e. The molecule has 0 saturated carbocycles. The van der Waals surface area contributed by atoms with Crippen molar-refractivity contribution in [1.29, 1.82) is 0 Å². The van der Waals surface area contributed by atoms with Gasteiger partial charge in [-0.25, -0.2) is 0 Å². The van der Waals surface area contributed by atoms with Crippen LogP contribution in [0.15, 0.2) is 9.52 Å². The maximum absolute atomic E-state index is 5.23. The molecule has 1 saturated heterocycles. The number of halogens is 1. The van der Waals surface area contributed by atoms with Crippen molar-refractivity contribution in [3.05, 3.63) is 17.0 Å². The summed E-state index contributed by atoms with van der Waals surface area (Å²) in [5, 5.41) is 7.46. The zero-order valence-corrected chi connectivity index (χ0v) is 18.1. The minimum atomic E-state index is 0. The number of guanidine groups is 1. The van der Waals surface area contributed by atoms with E-state index in [1.807, 2.05) is 13.8 Å². The second-order valence-corrected chi connectivity index (χ2v) is 7.02. The molecule has 0 radical (unpaired) electrons. The fourth-order valence-corrected chi connectivity index (χ4v) is 3.44. The molecule has 1 atom stereocenters. The Kier molecular flexibility index (Phi) is 9.08. The van der Waals surface area contributed by atoms with Crippen LogP contribution in [-0.2, 0) is 6.42 Å². The van der Waals surface area contributed by atoms with Gasteiger partial charge in [-0.3, -0.25) is 4.99 Å². The molecule has 0 bridgehead atoms. The Balaban J connectivity index is 0.00000288. The van der Waals surface area contributed by atoms with Gasteiger partial charge in [0, 0.05) is 31.7 Å². The van der Waals surface area contributed by atoms with E-state index < -0.39 is 0 Å². The molecule has 1 aromatic heterocycles. The van der Waals surface area contributed by atoms with E-state index >= 15 is 0 Å². The summed E-state index contributed by atoms with van der Waals surface area (Å²) in [7, 11) is 0. The Morgan fingerprint density at radius 2 is 2.17 bits per heavy atom. The van der Waals surface area contributed by atoms with E-state index in [4.69, 9.17) is 9.52 Å². The van der Waals surface area contributed by atoms with E-state index in [0.717, 1.165) is 61.8 Å². The molecule has 0 spiro atoms. The second kappa shape index (κ2) is 10.3. The molecule has 1 aromatic rings. The molecule has 6 heteroatoms. The molecule has 0 amide bonds. The highest BCUT2D eigenvalue weighted by molar-refractivity contribution is 14.0. The minimum absolute atomic E-state index is 0. The van der Waals surface area contributed by atoms with Gasteiger partial charge in [0.25, 0.3) is 0 Å². The van der Waals surface area contributed by atoms with Crippen molar-refractivity contribution >= 4 is 29.9 Å². The molecule has 24 heavy (non-hydrogen) atoms. The van der Waals surface area contributed by atoms with Crippen LogP contribution in [0.25, 0.3) is 0 Å². The lowest BCUT2D eigenvalue weighted by Crippen LogP contribution is -2.40. The molecular formula is C18H33IN4O. The van der Waals surface area contributed by atoms with Gasteiger partial charge in [0.2, 0.25) is 0 Å². The van der Waals surface area contributed by atoms with Gasteiger partial charge in [-0.05, 0) is 51.9 Å². The molecule has 0 aromatic carbocycles.